The minimum Gasteiger partial charge on any atom is -0.303 e. The molecule has 3 nitrogen and oxygen atoms in total. The molecule has 1 fully saturated rings. The maximum Gasteiger partial charge on any atom is 0.191 e. The topological polar surface area (TPSA) is 30.7 Å². The molecule has 3 rings (SSSR count). The van der Waals surface area contributed by atoms with Crippen LogP contribution in [-0.4, -0.2) is 14.8 Å². The van der Waals surface area contributed by atoms with Crippen LogP contribution in [0.25, 0.3) is 0 Å². The average molecular weight is 322 g/mol. The summed E-state index contributed by atoms with van der Waals surface area (Å²) in [6.45, 7) is 2.06. The Morgan fingerprint density at radius 3 is 2.71 bits per heavy atom. The Morgan fingerprint density at radius 1 is 1.19 bits per heavy atom. The predicted octanol–water partition coefficient (Wildman–Crippen LogP) is 5.04. The zero-order chi connectivity index (χ0) is 14.7. The van der Waals surface area contributed by atoms with Crippen molar-refractivity contribution in [2.24, 2.45) is 0 Å². The van der Waals surface area contributed by atoms with Crippen molar-refractivity contribution < 1.29 is 0 Å². The Hall–Kier alpha value is -1.00. The lowest BCUT2D eigenvalue weighted by Gasteiger charge is -2.25. The van der Waals surface area contributed by atoms with E-state index in [2.05, 4.69) is 27.8 Å². The molecule has 1 aromatic heterocycles. The van der Waals surface area contributed by atoms with Crippen LogP contribution in [0.2, 0.25) is 5.02 Å². The molecule has 0 amide bonds. The number of aromatic nitrogens is 3. The van der Waals surface area contributed by atoms with Crippen LogP contribution in [-0.2, 0) is 5.75 Å². The molecule has 1 aromatic carbocycles. The molecule has 0 N–H and O–H groups in total. The van der Waals surface area contributed by atoms with Crippen LogP contribution in [0.4, 0.5) is 0 Å². The summed E-state index contributed by atoms with van der Waals surface area (Å²) in [5, 5.41) is 10.5. The van der Waals surface area contributed by atoms with Gasteiger partial charge in [-0.2, -0.15) is 0 Å². The summed E-state index contributed by atoms with van der Waals surface area (Å²) in [6, 6.07) is 8.57. The van der Waals surface area contributed by atoms with Crippen molar-refractivity contribution >= 4 is 23.4 Å². The first-order chi connectivity index (χ1) is 10.3. The molecule has 0 atom stereocenters. The lowest BCUT2D eigenvalue weighted by molar-refractivity contribution is 0.332. The number of benzene rings is 1. The van der Waals surface area contributed by atoms with E-state index >= 15 is 0 Å². The molecule has 1 heterocycles. The maximum absolute atomic E-state index is 6.23. The van der Waals surface area contributed by atoms with Gasteiger partial charge in [0.1, 0.15) is 5.82 Å². The molecule has 0 radical (unpaired) electrons. The van der Waals surface area contributed by atoms with Gasteiger partial charge in [-0.3, -0.25) is 0 Å². The number of rotatable bonds is 4. The van der Waals surface area contributed by atoms with E-state index in [-0.39, 0.29) is 0 Å². The Labute approximate surface area is 135 Å². The van der Waals surface area contributed by atoms with Gasteiger partial charge in [0.25, 0.3) is 0 Å². The lowest BCUT2D eigenvalue weighted by Crippen LogP contribution is -2.15. The summed E-state index contributed by atoms with van der Waals surface area (Å²) in [7, 11) is 0. The first-order valence-electron chi connectivity index (χ1n) is 7.53. The number of hydrogen-bond acceptors (Lipinski definition) is 3. The average Bonchev–Trinajstić information content (AvgIpc) is 2.88. The van der Waals surface area contributed by atoms with E-state index in [0.29, 0.717) is 6.04 Å². The van der Waals surface area contributed by atoms with Crippen molar-refractivity contribution in [2.45, 2.75) is 56.0 Å². The SMILES string of the molecule is Cc1nnc(SCc2ccccc2Cl)n1C1CCCCC1. The van der Waals surface area contributed by atoms with Crippen LogP contribution >= 0.6 is 23.4 Å². The van der Waals surface area contributed by atoms with Gasteiger partial charge in [-0.05, 0) is 31.4 Å². The van der Waals surface area contributed by atoms with Crippen molar-refractivity contribution in [1.29, 1.82) is 0 Å². The van der Waals surface area contributed by atoms with Gasteiger partial charge in [0.15, 0.2) is 5.16 Å². The number of nitrogens with zero attached hydrogens (tertiary/aromatic N) is 3. The molecule has 0 unspecified atom stereocenters. The van der Waals surface area contributed by atoms with Crippen molar-refractivity contribution in [2.75, 3.05) is 0 Å². The van der Waals surface area contributed by atoms with Crippen molar-refractivity contribution in [3.05, 3.63) is 40.7 Å². The molecule has 1 aliphatic rings. The number of halogens is 1. The minimum atomic E-state index is 0.572. The van der Waals surface area contributed by atoms with E-state index < -0.39 is 0 Å². The van der Waals surface area contributed by atoms with E-state index in [9.17, 15) is 0 Å². The fraction of sp³-hybridized carbons (Fsp3) is 0.500. The number of hydrogen-bond donors (Lipinski definition) is 0. The third kappa shape index (κ3) is 3.43. The van der Waals surface area contributed by atoms with Crippen LogP contribution in [0.1, 0.15) is 49.5 Å². The van der Waals surface area contributed by atoms with Crippen molar-refractivity contribution in [3.63, 3.8) is 0 Å². The molecule has 112 valence electrons. The Bertz CT molecular complexity index is 605. The fourth-order valence-electron chi connectivity index (χ4n) is 2.97. The summed E-state index contributed by atoms with van der Waals surface area (Å²) in [5.41, 5.74) is 1.15. The van der Waals surface area contributed by atoms with E-state index in [4.69, 9.17) is 11.6 Å². The van der Waals surface area contributed by atoms with Crippen LogP contribution < -0.4 is 0 Å². The highest BCUT2D eigenvalue weighted by Gasteiger charge is 2.21. The zero-order valence-electron chi connectivity index (χ0n) is 12.3. The molecular weight excluding hydrogens is 302 g/mol. The Balaban J connectivity index is 1.75. The zero-order valence-corrected chi connectivity index (χ0v) is 13.8. The second kappa shape index (κ2) is 6.84. The molecule has 1 aliphatic carbocycles. The summed E-state index contributed by atoms with van der Waals surface area (Å²) in [4.78, 5) is 0. The maximum atomic E-state index is 6.23. The molecule has 0 aliphatic heterocycles. The highest BCUT2D eigenvalue weighted by Crippen LogP contribution is 2.33. The third-order valence-corrected chi connectivity index (χ3v) is 5.45. The third-order valence-electron chi connectivity index (χ3n) is 4.09. The van der Waals surface area contributed by atoms with Crippen LogP contribution in [0.5, 0.6) is 0 Å². The van der Waals surface area contributed by atoms with E-state index in [1.807, 2.05) is 18.2 Å². The van der Waals surface area contributed by atoms with Crippen molar-refractivity contribution in [1.82, 2.24) is 14.8 Å². The van der Waals surface area contributed by atoms with Gasteiger partial charge in [0.05, 0.1) is 0 Å². The standard InChI is InChI=1S/C16H20ClN3S/c1-12-18-19-16(20(12)14-8-3-2-4-9-14)21-11-13-7-5-6-10-15(13)17/h5-7,10,14H,2-4,8-9,11H2,1H3. The van der Waals surface area contributed by atoms with Gasteiger partial charge < -0.3 is 4.57 Å². The summed E-state index contributed by atoms with van der Waals surface area (Å²) in [5.74, 6) is 1.87. The van der Waals surface area contributed by atoms with Gasteiger partial charge >= 0.3 is 0 Å². The molecule has 21 heavy (non-hydrogen) atoms. The lowest BCUT2D eigenvalue weighted by atomic mass is 9.95. The fourth-order valence-corrected chi connectivity index (χ4v) is 4.30. The molecular formula is C16H20ClN3S. The van der Waals surface area contributed by atoms with Crippen molar-refractivity contribution in [3.8, 4) is 0 Å². The summed E-state index contributed by atoms with van der Waals surface area (Å²) < 4.78 is 2.33. The molecule has 5 heteroatoms. The minimum absolute atomic E-state index is 0.572. The smallest absolute Gasteiger partial charge is 0.191 e. The van der Waals surface area contributed by atoms with E-state index in [1.165, 1.54) is 32.1 Å². The quantitative estimate of drug-likeness (QED) is 0.739. The van der Waals surface area contributed by atoms with E-state index in [0.717, 1.165) is 27.3 Å². The first-order valence-corrected chi connectivity index (χ1v) is 8.90. The van der Waals surface area contributed by atoms with E-state index in [1.54, 1.807) is 11.8 Å². The van der Waals surface area contributed by atoms with Gasteiger partial charge in [0.2, 0.25) is 0 Å². The molecule has 0 bridgehead atoms. The number of thioether (sulfide) groups is 1. The molecule has 2 aromatic rings. The Morgan fingerprint density at radius 2 is 1.95 bits per heavy atom. The number of aryl methyl sites for hydroxylation is 1. The second-order valence-electron chi connectivity index (χ2n) is 5.57. The van der Waals surface area contributed by atoms with Gasteiger partial charge in [-0.15, -0.1) is 10.2 Å². The van der Waals surface area contributed by atoms with Crippen LogP contribution in [0.3, 0.4) is 0 Å². The second-order valence-corrected chi connectivity index (χ2v) is 6.92. The van der Waals surface area contributed by atoms with Crippen LogP contribution in [0.15, 0.2) is 29.4 Å². The normalized spacial score (nSPS) is 16.3. The highest BCUT2D eigenvalue weighted by atomic mass is 35.5. The Kier molecular flexibility index (Phi) is 4.86. The first kappa shape index (κ1) is 14.9. The summed E-state index contributed by atoms with van der Waals surface area (Å²) >= 11 is 7.96. The predicted molar refractivity (Wildman–Crippen MR) is 87.9 cm³/mol. The monoisotopic (exact) mass is 321 g/mol. The highest BCUT2D eigenvalue weighted by molar-refractivity contribution is 7.98. The van der Waals surface area contributed by atoms with Gasteiger partial charge in [0, 0.05) is 16.8 Å². The molecule has 0 spiro atoms. The van der Waals surface area contributed by atoms with Gasteiger partial charge in [-0.1, -0.05) is 60.8 Å². The largest absolute Gasteiger partial charge is 0.303 e. The molecule has 1 saturated carbocycles. The summed E-state index contributed by atoms with van der Waals surface area (Å²) in [6.07, 6.45) is 6.49. The van der Waals surface area contributed by atoms with Crippen LogP contribution in [0, 0.1) is 6.92 Å². The molecule has 0 saturated heterocycles. The van der Waals surface area contributed by atoms with Gasteiger partial charge in [-0.25, -0.2) is 0 Å².